The third-order valence-corrected chi connectivity index (χ3v) is 4.06. The van der Waals surface area contributed by atoms with Crippen molar-refractivity contribution in [3.05, 3.63) is 52.8 Å². The molecule has 1 aromatic heterocycles. The summed E-state index contributed by atoms with van der Waals surface area (Å²) in [6.07, 6.45) is 0. The van der Waals surface area contributed by atoms with Gasteiger partial charge in [0.15, 0.2) is 18.0 Å². The fourth-order valence-corrected chi connectivity index (χ4v) is 2.80. The molecule has 0 bridgehead atoms. The summed E-state index contributed by atoms with van der Waals surface area (Å²) < 4.78 is 50.7. The molecule has 0 atom stereocenters. The first-order chi connectivity index (χ1) is 14.2. The Morgan fingerprint density at radius 1 is 1.00 bits per heavy atom. The van der Waals surface area contributed by atoms with Crippen LogP contribution in [0.25, 0.3) is 22.3 Å². The zero-order chi connectivity index (χ0) is 22.3. The zero-order valence-electron chi connectivity index (χ0n) is 16.0. The van der Waals surface area contributed by atoms with E-state index >= 15 is 0 Å². The lowest BCUT2D eigenvalue weighted by Crippen LogP contribution is -2.77. The molecule has 1 heterocycles. The van der Waals surface area contributed by atoms with Crippen LogP contribution in [-0.2, 0) is 0 Å². The highest BCUT2D eigenvalue weighted by molar-refractivity contribution is 6.31. The van der Waals surface area contributed by atoms with Gasteiger partial charge in [0.25, 0.3) is 0 Å². The van der Waals surface area contributed by atoms with Crippen molar-refractivity contribution in [2.45, 2.75) is 0 Å². The number of fused-ring (bicyclic) bond motifs is 1. The van der Waals surface area contributed by atoms with E-state index in [0.717, 1.165) is 16.3 Å². The van der Waals surface area contributed by atoms with E-state index in [1.807, 2.05) is 36.4 Å². The summed E-state index contributed by atoms with van der Waals surface area (Å²) >= 11 is 6.11. The summed E-state index contributed by atoms with van der Waals surface area (Å²) in [4.78, 5) is 3.20. The molecule has 3 aromatic rings. The molecule has 9 nitrogen and oxygen atoms in total. The Hall–Kier alpha value is -2.37. The monoisotopic (exact) mass is 459 g/mol. The average Bonchev–Trinajstić information content (AvgIpc) is 2.70. The average molecular weight is 460 g/mol. The maximum absolute atomic E-state index is 9.12. The van der Waals surface area contributed by atoms with Gasteiger partial charge in [-0.2, -0.15) is 0 Å². The van der Waals surface area contributed by atoms with Gasteiger partial charge in [-0.25, -0.2) is 23.6 Å². The molecule has 0 saturated carbocycles. The number of benzene rings is 2. The second-order valence-corrected chi connectivity index (χ2v) is 6.96. The van der Waals surface area contributed by atoms with Gasteiger partial charge >= 0.3 is 0 Å². The van der Waals surface area contributed by atoms with Gasteiger partial charge < -0.3 is 19.0 Å². The molecule has 0 amide bonds. The maximum atomic E-state index is 9.12. The Labute approximate surface area is 178 Å². The molecular formula is C19H19Cl2NO8. The minimum atomic E-state index is -4.94. The van der Waals surface area contributed by atoms with Gasteiger partial charge in [-0.3, -0.25) is 0 Å². The third kappa shape index (κ3) is 6.85. The quantitative estimate of drug-likeness (QED) is 0.408. The Morgan fingerprint density at radius 3 is 2.27 bits per heavy atom. The summed E-state index contributed by atoms with van der Waals surface area (Å²) in [5.41, 5.74) is 1.54. The van der Waals surface area contributed by atoms with Crippen LogP contribution >= 0.6 is 11.6 Å². The number of aliphatic hydroxyl groups excluding tert-OH is 1. The first-order valence-corrected chi connectivity index (χ1v) is 10.0. The molecule has 3 rings (SSSR count). The van der Waals surface area contributed by atoms with Crippen molar-refractivity contribution in [2.75, 3.05) is 27.4 Å². The summed E-state index contributed by atoms with van der Waals surface area (Å²) in [5, 5.41) is 11.4. The minimum Gasteiger partial charge on any atom is -0.493 e. The molecule has 30 heavy (non-hydrogen) atoms. The highest BCUT2D eigenvalue weighted by atomic mass is 35.7. The summed E-state index contributed by atoms with van der Waals surface area (Å²) in [6, 6.07) is 12.9. The molecule has 0 fully saturated rings. The van der Waals surface area contributed by atoms with Crippen LogP contribution in [0.2, 0.25) is 5.02 Å². The van der Waals surface area contributed by atoms with E-state index in [1.54, 1.807) is 20.3 Å². The number of rotatable bonds is 5. The lowest BCUT2D eigenvalue weighted by Gasteiger charge is -2.17. The molecule has 11 heteroatoms. The van der Waals surface area contributed by atoms with Gasteiger partial charge in [0, 0.05) is 10.6 Å². The second kappa shape index (κ2) is 10.6. The molecule has 0 aliphatic heterocycles. The van der Waals surface area contributed by atoms with E-state index in [-0.39, 0.29) is 6.61 Å². The van der Waals surface area contributed by atoms with E-state index in [0.29, 0.717) is 34.4 Å². The number of nitrogens with one attached hydrogen (secondary N) is 1. The largest absolute Gasteiger partial charge is 0.493 e. The van der Waals surface area contributed by atoms with Crippen LogP contribution < -0.4 is 38.5 Å². The van der Waals surface area contributed by atoms with E-state index in [2.05, 4.69) is 4.99 Å². The molecule has 0 spiro atoms. The number of ether oxygens (including phenoxy) is 2. The zero-order valence-corrected chi connectivity index (χ0v) is 17.5. The Kier molecular flexibility index (Phi) is 8.44. The smallest absolute Gasteiger partial charge is 0.213 e. The molecular weight excluding hydrogens is 441 g/mol. The van der Waals surface area contributed by atoms with Crippen LogP contribution in [-0.4, -0.2) is 32.5 Å². The molecule has 0 saturated heterocycles. The number of hydrogen-bond acceptors (Lipinski definition) is 8. The van der Waals surface area contributed by atoms with E-state index in [9.17, 15) is 0 Å². The normalized spacial score (nSPS) is 11.8. The van der Waals surface area contributed by atoms with E-state index < -0.39 is 10.2 Å². The van der Waals surface area contributed by atoms with E-state index in [4.69, 9.17) is 49.2 Å². The molecule has 0 aliphatic rings. The SMILES string of the molecule is COc1ccc(-c2cc(=[NH+]CCO)c3cc(Cl)ccc3o2)cc1OC.[O-][Cl+3]([O-])([O-])[O-]. The lowest BCUT2D eigenvalue weighted by molar-refractivity contribution is -2.00. The predicted molar refractivity (Wildman–Crippen MR) is 95.8 cm³/mol. The van der Waals surface area contributed by atoms with E-state index in [1.165, 1.54) is 0 Å². The van der Waals surface area contributed by atoms with Crippen molar-refractivity contribution in [1.29, 1.82) is 0 Å². The van der Waals surface area contributed by atoms with Crippen LogP contribution in [0, 0.1) is 10.2 Å². The Bertz CT molecular complexity index is 1060. The number of hydrogen-bond donors (Lipinski definition) is 2. The highest BCUT2D eigenvalue weighted by Gasteiger charge is 2.12. The van der Waals surface area contributed by atoms with Crippen LogP contribution in [0.3, 0.4) is 0 Å². The predicted octanol–water partition coefficient (Wildman–Crippen LogP) is -3.01. The van der Waals surface area contributed by atoms with Gasteiger partial charge in [0.1, 0.15) is 18.0 Å². The van der Waals surface area contributed by atoms with Crippen LogP contribution in [0.4, 0.5) is 0 Å². The van der Waals surface area contributed by atoms with Crippen LogP contribution in [0.15, 0.2) is 46.9 Å². The second-order valence-electron chi connectivity index (χ2n) is 5.76. The van der Waals surface area contributed by atoms with Gasteiger partial charge in [-0.05, 0) is 36.4 Å². The first-order valence-electron chi connectivity index (χ1n) is 8.41. The van der Waals surface area contributed by atoms with Gasteiger partial charge in [-0.1, -0.05) is 11.6 Å². The van der Waals surface area contributed by atoms with Crippen LogP contribution in [0.1, 0.15) is 0 Å². The highest BCUT2D eigenvalue weighted by Crippen LogP contribution is 2.32. The Morgan fingerprint density at radius 2 is 1.67 bits per heavy atom. The maximum Gasteiger partial charge on any atom is 0.213 e. The van der Waals surface area contributed by atoms with Crippen molar-refractivity contribution in [2.24, 2.45) is 0 Å². The molecule has 2 aromatic carbocycles. The van der Waals surface area contributed by atoms with Crippen molar-refractivity contribution in [3.63, 3.8) is 0 Å². The fourth-order valence-electron chi connectivity index (χ4n) is 2.63. The molecule has 162 valence electrons. The summed E-state index contributed by atoms with van der Waals surface area (Å²) in [6.45, 7) is 0.455. The van der Waals surface area contributed by atoms with Crippen molar-refractivity contribution in [3.8, 4) is 22.8 Å². The van der Waals surface area contributed by atoms with Crippen molar-refractivity contribution in [1.82, 2.24) is 0 Å². The molecule has 0 unspecified atom stereocenters. The van der Waals surface area contributed by atoms with Crippen molar-refractivity contribution < 1.29 is 52.9 Å². The number of halogens is 2. The van der Waals surface area contributed by atoms with Crippen LogP contribution in [0.5, 0.6) is 11.5 Å². The third-order valence-electron chi connectivity index (χ3n) is 3.82. The fraction of sp³-hybridized carbons (Fsp3) is 0.211. The number of aliphatic hydroxyl groups is 1. The minimum absolute atomic E-state index is 0.0276. The lowest BCUT2D eigenvalue weighted by atomic mass is 10.1. The number of methoxy groups -OCH3 is 2. The summed E-state index contributed by atoms with van der Waals surface area (Å²) in [7, 11) is -1.76. The standard InChI is InChI=1S/C19H18ClNO4.ClHO4/c1-23-17-5-3-12(9-19(17)24-2)18-11-15(21-7-8-22)14-10-13(20)4-6-16(14)25-18;2-1(3,4)5/h3-6,9-11,22H,7-8H2,1-2H3;(H,2,3,4,5). The summed E-state index contributed by atoms with van der Waals surface area (Å²) in [5.74, 6) is 1.94. The molecule has 2 N–H and O–H groups in total. The van der Waals surface area contributed by atoms with Gasteiger partial charge in [0.05, 0.1) is 25.7 Å². The molecule has 0 aliphatic carbocycles. The van der Waals surface area contributed by atoms with Crippen molar-refractivity contribution >= 4 is 22.6 Å². The van der Waals surface area contributed by atoms with Gasteiger partial charge in [0.2, 0.25) is 5.36 Å². The first kappa shape index (κ1) is 23.9. The Balaban J connectivity index is 0.000000575. The topological polar surface area (TPSA) is 158 Å². The van der Waals surface area contributed by atoms with Gasteiger partial charge in [-0.15, -0.1) is 10.2 Å². The molecule has 0 radical (unpaired) electrons.